The summed E-state index contributed by atoms with van der Waals surface area (Å²) >= 11 is 5.91. The van der Waals surface area contributed by atoms with Crippen LogP contribution in [-0.4, -0.2) is 16.9 Å². The lowest BCUT2D eigenvalue weighted by atomic mass is 9.92. The average Bonchev–Trinajstić information content (AvgIpc) is 2.07. The number of carbonyl (C=O) groups excluding carboxylic acids is 1. The summed E-state index contributed by atoms with van der Waals surface area (Å²) in [5.41, 5.74) is 2.35. The van der Waals surface area contributed by atoms with Crippen LogP contribution in [0.1, 0.15) is 6.92 Å². The van der Waals surface area contributed by atoms with Crippen molar-refractivity contribution < 1.29 is 4.79 Å². The molecule has 13 heavy (non-hydrogen) atoms. The number of ketones is 1. The van der Waals surface area contributed by atoms with Gasteiger partial charge in [0.1, 0.15) is 0 Å². The molecule has 0 bridgehead atoms. The van der Waals surface area contributed by atoms with Gasteiger partial charge in [-0.2, -0.15) is 0 Å². The average molecular weight is 194 g/mol. The molecule has 0 fully saturated rings. The molecule has 0 saturated heterocycles. The largest absolute Gasteiger partial charge is 0.289 e. The lowest BCUT2D eigenvalue weighted by Gasteiger charge is -2.17. The van der Waals surface area contributed by atoms with Gasteiger partial charge in [-0.05, 0) is 18.6 Å². The molecule has 0 aromatic rings. The zero-order valence-electron chi connectivity index (χ0n) is 7.12. The Kier molecular flexibility index (Phi) is 1.93. The molecule has 0 spiro atoms. The smallest absolute Gasteiger partial charge is 0.189 e. The van der Waals surface area contributed by atoms with Gasteiger partial charge in [0.2, 0.25) is 0 Å². The SMILES string of the molecule is CC1=CC(Cl)C=C2C(=O)C=CN=C12. The van der Waals surface area contributed by atoms with Crippen LogP contribution in [-0.2, 0) is 4.79 Å². The second-order valence-electron chi connectivity index (χ2n) is 3.03. The van der Waals surface area contributed by atoms with Crippen molar-refractivity contribution in [3.05, 3.63) is 35.6 Å². The maximum Gasteiger partial charge on any atom is 0.189 e. The second-order valence-corrected chi connectivity index (χ2v) is 3.54. The van der Waals surface area contributed by atoms with Crippen molar-refractivity contribution in [1.29, 1.82) is 0 Å². The van der Waals surface area contributed by atoms with E-state index in [0.29, 0.717) is 5.57 Å². The summed E-state index contributed by atoms with van der Waals surface area (Å²) in [5.74, 6) is -0.0110. The molecule has 0 radical (unpaired) electrons. The molecule has 0 N–H and O–H groups in total. The van der Waals surface area contributed by atoms with Gasteiger partial charge in [-0.25, -0.2) is 0 Å². The van der Waals surface area contributed by atoms with Crippen molar-refractivity contribution >= 4 is 23.1 Å². The lowest BCUT2D eigenvalue weighted by Crippen LogP contribution is -2.20. The van der Waals surface area contributed by atoms with Gasteiger partial charge in [0.25, 0.3) is 0 Å². The van der Waals surface area contributed by atoms with Crippen LogP contribution in [0, 0.1) is 0 Å². The molecule has 2 rings (SSSR count). The molecule has 0 saturated carbocycles. The lowest BCUT2D eigenvalue weighted by molar-refractivity contribution is -0.110. The van der Waals surface area contributed by atoms with E-state index in [1.165, 1.54) is 12.3 Å². The fourth-order valence-electron chi connectivity index (χ4n) is 1.46. The van der Waals surface area contributed by atoms with Crippen LogP contribution < -0.4 is 0 Å². The van der Waals surface area contributed by atoms with Crippen LogP contribution in [0.5, 0.6) is 0 Å². The van der Waals surface area contributed by atoms with E-state index < -0.39 is 0 Å². The van der Waals surface area contributed by atoms with Crippen LogP contribution in [0.25, 0.3) is 0 Å². The zero-order valence-corrected chi connectivity index (χ0v) is 7.88. The van der Waals surface area contributed by atoms with Crippen molar-refractivity contribution in [3.63, 3.8) is 0 Å². The molecule has 66 valence electrons. The highest BCUT2D eigenvalue weighted by atomic mass is 35.5. The Morgan fingerprint density at radius 2 is 2.23 bits per heavy atom. The summed E-state index contributed by atoms with van der Waals surface area (Å²) < 4.78 is 0. The van der Waals surface area contributed by atoms with Gasteiger partial charge in [0.05, 0.1) is 11.1 Å². The number of halogens is 1. The van der Waals surface area contributed by atoms with Gasteiger partial charge >= 0.3 is 0 Å². The number of alkyl halides is 1. The molecule has 0 amide bonds. The fourth-order valence-corrected chi connectivity index (χ4v) is 1.77. The number of allylic oxidation sites excluding steroid dienone is 5. The summed E-state index contributed by atoms with van der Waals surface area (Å²) in [6.07, 6.45) is 6.61. The normalized spacial score (nSPS) is 26.2. The molecule has 2 aliphatic rings. The summed E-state index contributed by atoms with van der Waals surface area (Å²) in [6, 6.07) is 0. The first kappa shape index (κ1) is 8.45. The number of nitrogens with zero attached hydrogens (tertiary/aromatic N) is 1. The van der Waals surface area contributed by atoms with Crippen LogP contribution in [0.15, 0.2) is 40.6 Å². The Hall–Kier alpha value is -1.15. The molecular weight excluding hydrogens is 186 g/mol. The van der Waals surface area contributed by atoms with Crippen LogP contribution in [0.3, 0.4) is 0 Å². The predicted molar refractivity (Wildman–Crippen MR) is 53.1 cm³/mol. The third-order valence-electron chi connectivity index (χ3n) is 2.06. The van der Waals surface area contributed by atoms with Crippen molar-refractivity contribution in [2.24, 2.45) is 4.99 Å². The van der Waals surface area contributed by atoms with E-state index in [1.807, 2.05) is 13.0 Å². The molecule has 1 unspecified atom stereocenters. The zero-order chi connectivity index (χ0) is 9.42. The highest BCUT2D eigenvalue weighted by Gasteiger charge is 2.22. The second kappa shape index (κ2) is 2.96. The first-order valence-corrected chi connectivity index (χ1v) is 4.46. The monoisotopic (exact) mass is 193 g/mol. The fraction of sp³-hybridized carbons (Fsp3) is 0.200. The number of carbonyl (C=O) groups is 1. The molecule has 1 heterocycles. The van der Waals surface area contributed by atoms with Gasteiger partial charge < -0.3 is 0 Å². The van der Waals surface area contributed by atoms with Gasteiger partial charge in [0, 0.05) is 17.8 Å². The van der Waals surface area contributed by atoms with E-state index in [-0.39, 0.29) is 11.2 Å². The molecule has 1 atom stereocenters. The summed E-state index contributed by atoms with van der Waals surface area (Å²) in [4.78, 5) is 15.5. The third-order valence-corrected chi connectivity index (χ3v) is 2.31. The van der Waals surface area contributed by atoms with Gasteiger partial charge in [0.15, 0.2) is 5.78 Å². The first-order valence-electron chi connectivity index (χ1n) is 4.02. The maximum atomic E-state index is 11.4. The number of aliphatic imine (C=N–C) groups is 1. The molecule has 1 aliphatic heterocycles. The van der Waals surface area contributed by atoms with E-state index in [1.54, 1.807) is 6.08 Å². The van der Waals surface area contributed by atoms with E-state index >= 15 is 0 Å². The van der Waals surface area contributed by atoms with E-state index in [2.05, 4.69) is 4.99 Å². The molecule has 3 heteroatoms. The summed E-state index contributed by atoms with van der Waals surface area (Å²) in [5, 5.41) is -0.190. The highest BCUT2D eigenvalue weighted by Crippen LogP contribution is 2.22. The molecule has 0 aromatic carbocycles. The van der Waals surface area contributed by atoms with E-state index in [9.17, 15) is 4.79 Å². The molecular formula is C10H8ClNO. The standard InChI is InChI=1S/C10H8ClNO/c1-6-4-7(11)5-8-9(13)2-3-12-10(6)8/h2-5,7H,1H3. The topological polar surface area (TPSA) is 29.4 Å². The number of hydrogen-bond donors (Lipinski definition) is 0. The van der Waals surface area contributed by atoms with Crippen molar-refractivity contribution in [1.82, 2.24) is 0 Å². The minimum absolute atomic E-state index is 0.0110. The van der Waals surface area contributed by atoms with Crippen LogP contribution in [0.4, 0.5) is 0 Å². The Bertz CT molecular complexity index is 388. The Morgan fingerprint density at radius 1 is 1.46 bits per heavy atom. The Labute approximate surface area is 81.3 Å². The first-order chi connectivity index (χ1) is 6.18. The van der Waals surface area contributed by atoms with Crippen molar-refractivity contribution in [2.45, 2.75) is 12.3 Å². The van der Waals surface area contributed by atoms with E-state index in [0.717, 1.165) is 11.3 Å². The number of fused-ring (bicyclic) bond motifs is 1. The van der Waals surface area contributed by atoms with Gasteiger partial charge in [-0.15, -0.1) is 11.6 Å². The highest BCUT2D eigenvalue weighted by molar-refractivity contribution is 6.35. The third kappa shape index (κ3) is 1.38. The summed E-state index contributed by atoms with van der Waals surface area (Å²) in [6.45, 7) is 1.91. The number of rotatable bonds is 0. The molecule has 1 aliphatic carbocycles. The van der Waals surface area contributed by atoms with Crippen LogP contribution in [0.2, 0.25) is 0 Å². The molecule has 0 aromatic heterocycles. The minimum atomic E-state index is -0.190. The predicted octanol–water partition coefficient (Wildman–Crippen LogP) is 2.02. The maximum absolute atomic E-state index is 11.4. The Balaban J connectivity index is 2.52. The molecule has 2 nitrogen and oxygen atoms in total. The van der Waals surface area contributed by atoms with Crippen LogP contribution >= 0.6 is 11.6 Å². The number of hydrogen-bond acceptors (Lipinski definition) is 2. The van der Waals surface area contributed by atoms with Crippen molar-refractivity contribution in [3.8, 4) is 0 Å². The van der Waals surface area contributed by atoms with Gasteiger partial charge in [-0.3, -0.25) is 9.79 Å². The Morgan fingerprint density at radius 3 is 3.00 bits per heavy atom. The summed E-state index contributed by atoms with van der Waals surface area (Å²) in [7, 11) is 0. The van der Waals surface area contributed by atoms with Gasteiger partial charge in [-0.1, -0.05) is 6.08 Å². The van der Waals surface area contributed by atoms with E-state index in [4.69, 9.17) is 11.6 Å². The minimum Gasteiger partial charge on any atom is -0.289 e. The van der Waals surface area contributed by atoms with Crippen molar-refractivity contribution in [2.75, 3.05) is 0 Å². The quantitative estimate of drug-likeness (QED) is 0.542.